The van der Waals surface area contributed by atoms with Crippen molar-refractivity contribution in [2.45, 2.75) is 12.8 Å². The summed E-state index contributed by atoms with van der Waals surface area (Å²) in [6.45, 7) is 1.60. The summed E-state index contributed by atoms with van der Waals surface area (Å²) in [4.78, 5) is 26.6. The lowest BCUT2D eigenvalue weighted by molar-refractivity contribution is -0.114. The maximum atomic E-state index is 12.7. The molecule has 1 saturated heterocycles. The molecule has 0 radical (unpaired) electrons. The van der Waals surface area contributed by atoms with Gasteiger partial charge in [-0.3, -0.25) is 9.59 Å². The Morgan fingerprint density at radius 1 is 1.04 bits per heavy atom. The van der Waals surface area contributed by atoms with E-state index >= 15 is 0 Å². The zero-order valence-electron chi connectivity index (χ0n) is 13.8. The van der Waals surface area contributed by atoms with Gasteiger partial charge in [-0.05, 0) is 43.2 Å². The van der Waals surface area contributed by atoms with E-state index in [2.05, 4.69) is 10.6 Å². The van der Waals surface area contributed by atoms with Crippen LogP contribution in [0.3, 0.4) is 0 Å². The van der Waals surface area contributed by atoms with E-state index in [9.17, 15) is 9.59 Å². The molecule has 1 aliphatic rings. The second-order valence-corrected chi connectivity index (χ2v) is 6.39. The number of para-hydroxylation sites is 1. The van der Waals surface area contributed by atoms with Gasteiger partial charge in [-0.25, -0.2) is 0 Å². The highest BCUT2D eigenvalue weighted by Gasteiger charge is 2.22. The van der Waals surface area contributed by atoms with Crippen molar-refractivity contribution in [2.24, 2.45) is 0 Å². The maximum Gasteiger partial charge on any atom is 0.255 e. The number of carbonyl (C=O) groups is 2. The van der Waals surface area contributed by atoms with Gasteiger partial charge in [-0.15, -0.1) is 0 Å². The Balaban J connectivity index is 1.67. The molecule has 2 amide bonds. The molecule has 1 fully saturated rings. The van der Waals surface area contributed by atoms with E-state index in [-0.39, 0.29) is 18.4 Å². The van der Waals surface area contributed by atoms with Crippen molar-refractivity contribution in [1.82, 2.24) is 4.90 Å². The lowest BCUT2D eigenvalue weighted by atomic mass is 10.1. The zero-order chi connectivity index (χ0) is 17.6. The van der Waals surface area contributed by atoms with Gasteiger partial charge in [0.15, 0.2) is 0 Å². The van der Waals surface area contributed by atoms with E-state index in [1.807, 2.05) is 35.2 Å². The Labute approximate surface area is 152 Å². The van der Waals surface area contributed by atoms with Gasteiger partial charge in [0.1, 0.15) is 0 Å². The Morgan fingerprint density at radius 2 is 1.76 bits per heavy atom. The van der Waals surface area contributed by atoms with Gasteiger partial charge >= 0.3 is 0 Å². The molecule has 0 saturated carbocycles. The van der Waals surface area contributed by atoms with Gasteiger partial charge in [0.25, 0.3) is 5.91 Å². The molecule has 0 unspecified atom stereocenters. The number of rotatable bonds is 5. The maximum absolute atomic E-state index is 12.7. The van der Waals surface area contributed by atoms with Gasteiger partial charge in [0.05, 0.1) is 12.1 Å². The van der Waals surface area contributed by atoms with Crippen molar-refractivity contribution >= 4 is 34.8 Å². The highest BCUT2D eigenvalue weighted by Crippen LogP contribution is 2.24. The van der Waals surface area contributed by atoms with E-state index in [0.717, 1.165) is 31.6 Å². The first-order valence-electron chi connectivity index (χ1n) is 8.31. The number of hydrogen-bond acceptors (Lipinski definition) is 3. The van der Waals surface area contributed by atoms with E-state index in [1.54, 1.807) is 18.2 Å². The summed E-state index contributed by atoms with van der Waals surface area (Å²) in [5.74, 6) is -0.217. The number of nitrogens with one attached hydrogen (secondary N) is 2. The normalized spacial score (nSPS) is 13.6. The molecular formula is C19H20ClN3O2. The van der Waals surface area contributed by atoms with Gasteiger partial charge in [0.2, 0.25) is 5.91 Å². The van der Waals surface area contributed by atoms with Crippen LogP contribution in [0.25, 0.3) is 0 Å². The first kappa shape index (κ1) is 17.3. The third kappa shape index (κ3) is 4.51. The molecule has 0 spiro atoms. The van der Waals surface area contributed by atoms with Crippen LogP contribution in [0.4, 0.5) is 11.4 Å². The summed E-state index contributed by atoms with van der Waals surface area (Å²) in [6.07, 6.45) is 2.06. The van der Waals surface area contributed by atoms with Crippen molar-refractivity contribution in [3.63, 3.8) is 0 Å². The second-order valence-electron chi connectivity index (χ2n) is 5.96. The molecule has 0 atom stereocenters. The molecule has 1 aliphatic heterocycles. The van der Waals surface area contributed by atoms with Crippen LogP contribution in [-0.4, -0.2) is 36.3 Å². The largest absolute Gasteiger partial charge is 0.375 e. The third-order valence-corrected chi connectivity index (χ3v) is 4.34. The number of carbonyl (C=O) groups excluding carboxylic acids is 2. The van der Waals surface area contributed by atoms with Crippen LogP contribution in [0.1, 0.15) is 23.2 Å². The Morgan fingerprint density at radius 3 is 2.48 bits per heavy atom. The first-order chi connectivity index (χ1) is 12.1. The van der Waals surface area contributed by atoms with Crippen molar-refractivity contribution in [3.8, 4) is 0 Å². The summed E-state index contributed by atoms with van der Waals surface area (Å²) in [7, 11) is 0. The Kier molecular flexibility index (Phi) is 5.56. The quantitative estimate of drug-likeness (QED) is 0.859. The van der Waals surface area contributed by atoms with E-state index < -0.39 is 0 Å². The third-order valence-electron chi connectivity index (χ3n) is 4.10. The molecule has 5 nitrogen and oxygen atoms in total. The number of anilines is 2. The van der Waals surface area contributed by atoms with Crippen molar-refractivity contribution in [1.29, 1.82) is 0 Å². The summed E-state index contributed by atoms with van der Waals surface area (Å²) in [6, 6.07) is 14.3. The fourth-order valence-electron chi connectivity index (χ4n) is 2.84. The number of benzene rings is 2. The van der Waals surface area contributed by atoms with Crippen LogP contribution in [0, 0.1) is 0 Å². The van der Waals surface area contributed by atoms with Crippen molar-refractivity contribution in [2.75, 3.05) is 30.3 Å². The predicted molar refractivity (Wildman–Crippen MR) is 100 cm³/mol. The minimum absolute atomic E-state index is 0.0277. The standard InChI is InChI=1S/C19H20ClN3O2/c20-14-8-9-16(19(25)23-10-4-5-11-23)17(12-14)21-13-18(24)22-15-6-2-1-3-7-15/h1-3,6-9,12,21H,4-5,10-11,13H2,(H,22,24). The molecule has 2 aromatic carbocycles. The van der Waals surface area contributed by atoms with Crippen LogP contribution in [0.2, 0.25) is 5.02 Å². The van der Waals surface area contributed by atoms with Crippen molar-refractivity contribution in [3.05, 3.63) is 59.1 Å². The van der Waals surface area contributed by atoms with Gasteiger partial charge in [-0.1, -0.05) is 29.8 Å². The molecule has 3 rings (SSSR count). The fourth-order valence-corrected chi connectivity index (χ4v) is 3.01. The number of halogens is 1. The average Bonchev–Trinajstić information content (AvgIpc) is 3.15. The van der Waals surface area contributed by atoms with E-state index in [0.29, 0.717) is 16.3 Å². The molecule has 0 bridgehead atoms. The van der Waals surface area contributed by atoms with Crippen LogP contribution in [0.5, 0.6) is 0 Å². The number of nitrogens with zero attached hydrogens (tertiary/aromatic N) is 1. The number of hydrogen-bond donors (Lipinski definition) is 2. The Bertz CT molecular complexity index is 759. The molecule has 0 aliphatic carbocycles. The van der Waals surface area contributed by atoms with Crippen LogP contribution in [-0.2, 0) is 4.79 Å². The van der Waals surface area contributed by atoms with E-state index in [1.165, 1.54) is 0 Å². The SMILES string of the molecule is O=C(CNc1cc(Cl)ccc1C(=O)N1CCCC1)Nc1ccccc1. The number of likely N-dealkylation sites (tertiary alicyclic amines) is 1. The summed E-state index contributed by atoms with van der Waals surface area (Å²) >= 11 is 6.06. The van der Waals surface area contributed by atoms with Gasteiger partial charge in [-0.2, -0.15) is 0 Å². The topological polar surface area (TPSA) is 61.4 Å². The van der Waals surface area contributed by atoms with Crippen LogP contribution in [0.15, 0.2) is 48.5 Å². The van der Waals surface area contributed by atoms with Gasteiger partial charge < -0.3 is 15.5 Å². The lowest BCUT2D eigenvalue weighted by Crippen LogP contribution is -2.29. The number of amides is 2. The lowest BCUT2D eigenvalue weighted by Gasteiger charge is -2.18. The smallest absolute Gasteiger partial charge is 0.255 e. The second kappa shape index (κ2) is 8.03. The summed E-state index contributed by atoms with van der Waals surface area (Å²) < 4.78 is 0. The highest BCUT2D eigenvalue weighted by molar-refractivity contribution is 6.31. The minimum atomic E-state index is -0.189. The monoisotopic (exact) mass is 357 g/mol. The minimum Gasteiger partial charge on any atom is -0.375 e. The van der Waals surface area contributed by atoms with E-state index in [4.69, 9.17) is 11.6 Å². The molecular weight excluding hydrogens is 338 g/mol. The molecule has 1 heterocycles. The highest BCUT2D eigenvalue weighted by atomic mass is 35.5. The summed E-state index contributed by atoms with van der Waals surface area (Å²) in [5, 5.41) is 6.35. The Hall–Kier alpha value is -2.53. The van der Waals surface area contributed by atoms with Crippen LogP contribution < -0.4 is 10.6 Å². The molecule has 2 N–H and O–H groups in total. The average molecular weight is 358 g/mol. The molecule has 130 valence electrons. The predicted octanol–water partition coefficient (Wildman–Crippen LogP) is 3.63. The summed E-state index contributed by atoms with van der Waals surface area (Å²) in [5.41, 5.74) is 1.85. The van der Waals surface area contributed by atoms with Crippen molar-refractivity contribution < 1.29 is 9.59 Å². The molecule has 6 heteroatoms. The molecule has 2 aromatic rings. The van der Waals surface area contributed by atoms with Crippen LogP contribution >= 0.6 is 11.6 Å². The first-order valence-corrected chi connectivity index (χ1v) is 8.69. The molecule has 0 aromatic heterocycles. The fraction of sp³-hybridized carbons (Fsp3) is 0.263. The van der Waals surface area contributed by atoms with Gasteiger partial charge in [0, 0.05) is 29.5 Å². The zero-order valence-corrected chi connectivity index (χ0v) is 14.6. The molecule has 25 heavy (non-hydrogen) atoms.